The van der Waals surface area contributed by atoms with Crippen LogP contribution in [0.25, 0.3) is 0 Å². The van der Waals surface area contributed by atoms with Crippen molar-refractivity contribution in [1.29, 1.82) is 0 Å². The predicted octanol–water partition coefficient (Wildman–Crippen LogP) is 0.510. The van der Waals surface area contributed by atoms with Crippen LogP contribution in [0.5, 0.6) is 5.75 Å². The number of hydrogen-bond acceptors (Lipinski definition) is 4. The largest absolute Gasteiger partial charge is 0.482 e. The number of carbonyl (C=O) groups is 1. The van der Waals surface area contributed by atoms with Crippen molar-refractivity contribution in [2.75, 3.05) is 6.61 Å². The van der Waals surface area contributed by atoms with Crippen LogP contribution in [0.2, 0.25) is 0 Å². The van der Waals surface area contributed by atoms with Gasteiger partial charge in [-0.2, -0.15) is 0 Å². The molecular formula is C12H14N4O2. The maximum Gasteiger partial charge on any atom is 0.258 e. The van der Waals surface area contributed by atoms with E-state index < -0.39 is 0 Å². The van der Waals surface area contributed by atoms with Crippen LogP contribution in [0.1, 0.15) is 5.82 Å². The van der Waals surface area contributed by atoms with Crippen LogP contribution in [-0.4, -0.2) is 27.0 Å². The average molecular weight is 246 g/mol. The molecule has 6 nitrogen and oxygen atoms in total. The van der Waals surface area contributed by atoms with Gasteiger partial charge in [-0.15, -0.1) is 0 Å². The highest BCUT2D eigenvalue weighted by molar-refractivity contribution is 5.77. The first-order chi connectivity index (χ1) is 8.75. The minimum absolute atomic E-state index is 0.0316. The van der Waals surface area contributed by atoms with Gasteiger partial charge in [-0.1, -0.05) is 0 Å². The fourth-order valence-corrected chi connectivity index (χ4v) is 1.38. The minimum Gasteiger partial charge on any atom is -0.482 e. The van der Waals surface area contributed by atoms with Gasteiger partial charge in [0.2, 0.25) is 0 Å². The summed E-state index contributed by atoms with van der Waals surface area (Å²) < 4.78 is 7.12. The summed E-state index contributed by atoms with van der Waals surface area (Å²) in [5.74, 6) is 1.18. The highest BCUT2D eigenvalue weighted by Gasteiger charge is 2.04. The van der Waals surface area contributed by atoms with Crippen LogP contribution in [0.4, 0.5) is 0 Å². The first-order valence-electron chi connectivity index (χ1n) is 5.51. The maximum atomic E-state index is 11.5. The number of nitrogens with zero attached hydrogens (tertiary/aromatic N) is 3. The van der Waals surface area contributed by atoms with Gasteiger partial charge in [0, 0.05) is 25.6 Å². The molecule has 94 valence electrons. The molecule has 2 heterocycles. The first kappa shape index (κ1) is 12.1. The smallest absolute Gasteiger partial charge is 0.258 e. The summed E-state index contributed by atoms with van der Waals surface area (Å²) in [5, 5.41) is 2.73. The second-order valence-electron chi connectivity index (χ2n) is 3.71. The van der Waals surface area contributed by atoms with Gasteiger partial charge in [0.15, 0.2) is 6.61 Å². The van der Waals surface area contributed by atoms with E-state index in [0.29, 0.717) is 12.3 Å². The molecule has 6 heteroatoms. The molecule has 0 radical (unpaired) electrons. The van der Waals surface area contributed by atoms with Crippen LogP contribution in [0.3, 0.4) is 0 Å². The molecule has 2 aromatic rings. The van der Waals surface area contributed by atoms with E-state index in [0.717, 1.165) is 5.82 Å². The van der Waals surface area contributed by atoms with Crippen molar-refractivity contribution in [1.82, 2.24) is 19.9 Å². The third-order valence-corrected chi connectivity index (χ3v) is 2.37. The Morgan fingerprint density at radius 3 is 3.06 bits per heavy atom. The molecular weight excluding hydrogens is 232 g/mol. The zero-order valence-electron chi connectivity index (χ0n) is 10.0. The van der Waals surface area contributed by atoms with Gasteiger partial charge in [0.25, 0.3) is 5.91 Å². The van der Waals surface area contributed by atoms with E-state index in [9.17, 15) is 4.79 Å². The Morgan fingerprint density at radius 2 is 2.39 bits per heavy atom. The molecule has 18 heavy (non-hydrogen) atoms. The number of aryl methyl sites for hydroxylation is 1. The van der Waals surface area contributed by atoms with Crippen molar-refractivity contribution in [2.24, 2.45) is 7.05 Å². The van der Waals surface area contributed by atoms with E-state index in [1.165, 1.54) is 0 Å². The zero-order chi connectivity index (χ0) is 12.8. The number of rotatable bonds is 5. The normalized spacial score (nSPS) is 10.1. The first-order valence-corrected chi connectivity index (χ1v) is 5.51. The molecule has 0 saturated heterocycles. The summed E-state index contributed by atoms with van der Waals surface area (Å²) in [4.78, 5) is 19.5. The number of nitrogens with one attached hydrogen (secondary N) is 1. The Balaban J connectivity index is 1.75. The zero-order valence-corrected chi connectivity index (χ0v) is 10.0. The molecule has 0 aliphatic rings. The quantitative estimate of drug-likeness (QED) is 0.834. The van der Waals surface area contributed by atoms with Gasteiger partial charge in [0.05, 0.1) is 12.7 Å². The summed E-state index contributed by atoms with van der Waals surface area (Å²) in [6, 6.07) is 3.50. The fraction of sp³-hybridized carbons (Fsp3) is 0.250. The SMILES string of the molecule is Cn1ccnc1CNC(=O)COc1cccnc1. The lowest BCUT2D eigenvalue weighted by Crippen LogP contribution is -2.29. The molecule has 0 aliphatic carbocycles. The summed E-state index contributed by atoms with van der Waals surface area (Å²) in [7, 11) is 1.88. The van der Waals surface area contributed by atoms with E-state index in [-0.39, 0.29) is 12.5 Å². The molecule has 0 unspecified atom stereocenters. The van der Waals surface area contributed by atoms with E-state index in [1.807, 2.05) is 17.8 Å². The molecule has 0 saturated carbocycles. The van der Waals surface area contributed by atoms with Crippen molar-refractivity contribution in [3.63, 3.8) is 0 Å². The summed E-state index contributed by atoms with van der Waals surface area (Å²) >= 11 is 0. The monoisotopic (exact) mass is 246 g/mol. The van der Waals surface area contributed by atoms with Crippen molar-refractivity contribution in [3.8, 4) is 5.75 Å². The lowest BCUT2D eigenvalue weighted by molar-refractivity contribution is -0.123. The lowest BCUT2D eigenvalue weighted by atomic mass is 10.4. The van der Waals surface area contributed by atoms with Gasteiger partial charge in [-0.25, -0.2) is 4.98 Å². The topological polar surface area (TPSA) is 69.0 Å². The second kappa shape index (κ2) is 5.81. The molecule has 0 fully saturated rings. The van der Waals surface area contributed by atoms with Gasteiger partial charge in [0.1, 0.15) is 11.6 Å². The number of carbonyl (C=O) groups excluding carboxylic acids is 1. The van der Waals surface area contributed by atoms with Crippen molar-refractivity contribution in [2.45, 2.75) is 6.54 Å². The van der Waals surface area contributed by atoms with Gasteiger partial charge in [-0.3, -0.25) is 9.78 Å². The highest BCUT2D eigenvalue weighted by Crippen LogP contribution is 2.05. The Morgan fingerprint density at radius 1 is 1.50 bits per heavy atom. The lowest BCUT2D eigenvalue weighted by Gasteiger charge is -2.07. The van der Waals surface area contributed by atoms with Crippen molar-refractivity contribution < 1.29 is 9.53 Å². The molecule has 0 atom stereocenters. The number of hydrogen-bond donors (Lipinski definition) is 1. The highest BCUT2D eigenvalue weighted by atomic mass is 16.5. The second-order valence-corrected chi connectivity index (χ2v) is 3.71. The van der Waals surface area contributed by atoms with Crippen LogP contribution >= 0.6 is 0 Å². The van der Waals surface area contributed by atoms with E-state index in [2.05, 4.69) is 15.3 Å². The molecule has 1 amide bonds. The minimum atomic E-state index is -0.193. The van der Waals surface area contributed by atoms with E-state index in [4.69, 9.17) is 4.74 Å². The number of ether oxygens (including phenoxy) is 1. The summed E-state index contributed by atoms with van der Waals surface area (Å²) in [5.41, 5.74) is 0. The molecule has 0 aliphatic heterocycles. The third-order valence-electron chi connectivity index (χ3n) is 2.37. The molecule has 2 aromatic heterocycles. The Kier molecular flexibility index (Phi) is 3.90. The molecule has 0 bridgehead atoms. The fourth-order valence-electron chi connectivity index (χ4n) is 1.38. The molecule has 2 rings (SSSR count). The van der Waals surface area contributed by atoms with Crippen LogP contribution < -0.4 is 10.1 Å². The molecule has 1 N–H and O–H groups in total. The van der Waals surface area contributed by atoms with Crippen molar-refractivity contribution in [3.05, 3.63) is 42.7 Å². The van der Waals surface area contributed by atoms with Crippen molar-refractivity contribution >= 4 is 5.91 Å². The van der Waals surface area contributed by atoms with Gasteiger partial charge < -0.3 is 14.6 Å². The van der Waals surface area contributed by atoms with Gasteiger partial charge >= 0.3 is 0 Å². The Labute approximate surface area is 105 Å². The predicted molar refractivity (Wildman–Crippen MR) is 64.8 cm³/mol. The Hall–Kier alpha value is -2.37. The maximum absolute atomic E-state index is 11.5. The number of amides is 1. The van der Waals surface area contributed by atoms with E-state index >= 15 is 0 Å². The molecule has 0 spiro atoms. The van der Waals surface area contributed by atoms with Crippen LogP contribution in [-0.2, 0) is 18.4 Å². The summed E-state index contributed by atoms with van der Waals surface area (Å²) in [6.45, 7) is 0.356. The standard InChI is InChI=1S/C12H14N4O2/c1-16-6-5-14-11(16)8-15-12(17)9-18-10-3-2-4-13-7-10/h2-7H,8-9H2,1H3,(H,15,17). The van der Waals surface area contributed by atoms with E-state index in [1.54, 1.807) is 30.7 Å². The molecule has 0 aromatic carbocycles. The van der Waals surface area contributed by atoms with Crippen LogP contribution in [0, 0.1) is 0 Å². The number of pyridine rings is 1. The number of aromatic nitrogens is 3. The third kappa shape index (κ3) is 3.31. The Bertz CT molecular complexity index is 510. The van der Waals surface area contributed by atoms with Crippen LogP contribution in [0.15, 0.2) is 36.9 Å². The number of imidazole rings is 1. The average Bonchev–Trinajstić information content (AvgIpc) is 2.81. The summed E-state index contributed by atoms with van der Waals surface area (Å²) in [6.07, 6.45) is 6.72. The van der Waals surface area contributed by atoms with Gasteiger partial charge in [-0.05, 0) is 12.1 Å².